The number of rotatable bonds is 9. The molecule has 0 aromatic heterocycles. The lowest BCUT2D eigenvalue weighted by molar-refractivity contribution is -0.125. The summed E-state index contributed by atoms with van der Waals surface area (Å²) in [6, 6.07) is 3.05. The van der Waals surface area contributed by atoms with E-state index < -0.39 is 24.1 Å². The van der Waals surface area contributed by atoms with Gasteiger partial charge in [-0.1, -0.05) is 12.2 Å². The molecule has 1 fully saturated rings. The molecular formula is C21H28F3N3O3. The minimum atomic E-state index is -3.18. The summed E-state index contributed by atoms with van der Waals surface area (Å²) in [5, 5.41) is 5.58. The van der Waals surface area contributed by atoms with Crippen molar-refractivity contribution < 1.29 is 27.5 Å². The second-order valence-electron chi connectivity index (χ2n) is 8.38. The van der Waals surface area contributed by atoms with Gasteiger partial charge in [-0.3, -0.25) is 14.5 Å². The molecule has 0 aliphatic carbocycles. The molecule has 1 aliphatic heterocycles. The number of amides is 2. The minimum Gasteiger partial charge on any atom is -0.432 e. The Morgan fingerprint density at radius 1 is 1.30 bits per heavy atom. The number of halogens is 3. The lowest BCUT2D eigenvalue weighted by atomic mass is 9.90. The van der Waals surface area contributed by atoms with Crippen LogP contribution in [0.4, 0.5) is 13.2 Å². The molecule has 166 valence electrons. The molecule has 2 rings (SSSR count). The average molecular weight is 427 g/mol. The summed E-state index contributed by atoms with van der Waals surface area (Å²) in [4.78, 5) is 26.1. The van der Waals surface area contributed by atoms with Gasteiger partial charge in [0.2, 0.25) is 5.91 Å². The van der Waals surface area contributed by atoms with Gasteiger partial charge in [0, 0.05) is 36.7 Å². The number of hydrogen-bond acceptors (Lipinski definition) is 4. The van der Waals surface area contributed by atoms with Crippen LogP contribution in [-0.2, 0) is 4.79 Å². The van der Waals surface area contributed by atoms with Crippen LogP contribution in [0.1, 0.15) is 37.6 Å². The average Bonchev–Trinajstić information content (AvgIpc) is 2.57. The van der Waals surface area contributed by atoms with Crippen molar-refractivity contribution in [3.8, 4) is 5.75 Å². The lowest BCUT2D eigenvalue weighted by Crippen LogP contribution is -2.53. The van der Waals surface area contributed by atoms with Crippen LogP contribution in [-0.4, -0.2) is 55.0 Å². The third kappa shape index (κ3) is 7.37. The molecule has 2 N–H and O–H groups in total. The second-order valence-corrected chi connectivity index (χ2v) is 8.38. The molecule has 1 heterocycles. The Morgan fingerprint density at radius 3 is 2.57 bits per heavy atom. The Hall–Kier alpha value is -2.55. The van der Waals surface area contributed by atoms with Gasteiger partial charge in [0.05, 0.1) is 6.54 Å². The van der Waals surface area contributed by atoms with Crippen molar-refractivity contribution in [3.05, 3.63) is 41.7 Å². The van der Waals surface area contributed by atoms with Crippen molar-refractivity contribution in [3.63, 3.8) is 0 Å². The third-order valence-corrected chi connectivity index (χ3v) is 4.56. The summed E-state index contributed by atoms with van der Waals surface area (Å²) in [6.45, 7) is 8.77. The van der Waals surface area contributed by atoms with Crippen molar-refractivity contribution in [2.75, 3.05) is 26.2 Å². The molecule has 0 bridgehead atoms. The predicted molar refractivity (Wildman–Crippen MR) is 107 cm³/mol. The van der Waals surface area contributed by atoms with Crippen molar-refractivity contribution in [2.45, 2.75) is 39.3 Å². The van der Waals surface area contributed by atoms with E-state index in [1.54, 1.807) is 0 Å². The van der Waals surface area contributed by atoms with E-state index in [2.05, 4.69) is 21.9 Å². The van der Waals surface area contributed by atoms with E-state index in [0.717, 1.165) is 30.8 Å². The van der Waals surface area contributed by atoms with E-state index in [1.165, 1.54) is 6.07 Å². The molecular weight excluding hydrogens is 399 g/mol. The lowest BCUT2D eigenvalue weighted by Gasteiger charge is -2.40. The zero-order valence-corrected chi connectivity index (χ0v) is 17.4. The summed E-state index contributed by atoms with van der Waals surface area (Å²) in [6.07, 6.45) is 0.542. The molecule has 0 saturated carbocycles. The summed E-state index contributed by atoms with van der Waals surface area (Å²) < 4.78 is 42.1. The number of nitrogens with one attached hydrogen (secondary N) is 2. The van der Waals surface area contributed by atoms with E-state index in [-0.39, 0.29) is 22.9 Å². The molecule has 1 aliphatic rings. The number of nitrogens with zero attached hydrogens (tertiary/aromatic N) is 1. The fourth-order valence-electron chi connectivity index (χ4n) is 3.09. The van der Waals surface area contributed by atoms with Crippen LogP contribution in [0.25, 0.3) is 0 Å². The van der Waals surface area contributed by atoms with Gasteiger partial charge < -0.3 is 15.4 Å². The fourth-order valence-corrected chi connectivity index (χ4v) is 3.09. The molecule has 1 saturated heterocycles. The van der Waals surface area contributed by atoms with E-state index in [0.29, 0.717) is 19.5 Å². The van der Waals surface area contributed by atoms with Crippen molar-refractivity contribution in [1.82, 2.24) is 15.5 Å². The number of alkyl halides is 2. The maximum absolute atomic E-state index is 13.4. The first-order valence-electron chi connectivity index (χ1n) is 9.68. The Kier molecular flexibility index (Phi) is 7.89. The van der Waals surface area contributed by atoms with Gasteiger partial charge in [-0.05, 0) is 45.4 Å². The molecule has 30 heavy (non-hydrogen) atoms. The fraction of sp³-hybridized carbons (Fsp3) is 0.524. The van der Waals surface area contributed by atoms with Crippen LogP contribution >= 0.6 is 0 Å². The van der Waals surface area contributed by atoms with Gasteiger partial charge >= 0.3 is 6.61 Å². The highest BCUT2D eigenvalue weighted by molar-refractivity contribution is 5.94. The summed E-state index contributed by atoms with van der Waals surface area (Å²) >= 11 is 0. The molecule has 2 amide bonds. The summed E-state index contributed by atoms with van der Waals surface area (Å²) in [5.41, 5.74) is 0.723. The number of carbonyl (C=O) groups is 2. The number of hydrogen-bond donors (Lipinski definition) is 2. The molecule has 0 unspecified atom stereocenters. The summed E-state index contributed by atoms with van der Waals surface area (Å²) in [5.74, 6) is -1.93. The molecule has 6 nitrogen and oxygen atoms in total. The smallest absolute Gasteiger partial charge is 0.387 e. The predicted octanol–water partition coefficient (Wildman–Crippen LogP) is 2.95. The van der Waals surface area contributed by atoms with Gasteiger partial charge in [-0.2, -0.15) is 8.78 Å². The first-order valence-corrected chi connectivity index (χ1v) is 9.68. The Bertz CT molecular complexity index is 787. The standard InChI is InChI=1S/C21H28F3N3O3/c1-13(15-10-27(11-15)12-18(28)26-21(2,3)4)7-8-25-19(29)14-5-6-16(22)17(9-14)30-20(23)24/h5-6,9,15,20H,1,7-8,10-12H2,2-4H3,(H,25,29)(H,26,28). The van der Waals surface area contributed by atoms with Crippen LogP contribution in [0.3, 0.4) is 0 Å². The molecule has 0 spiro atoms. The Labute approximate surface area is 174 Å². The molecule has 0 radical (unpaired) electrons. The Morgan fingerprint density at radius 2 is 1.97 bits per heavy atom. The van der Waals surface area contributed by atoms with Crippen LogP contribution in [0, 0.1) is 11.7 Å². The van der Waals surface area contributed by atoms with Gasteiger partial charge in [0.15, 0.2) is 11.6 Å². The van der Waals surface area contributed by atoms with E-state index >= 15 is 0 Å². The minimum absolute atomic E-state index is 0.0201. The zero-order valence-electron chi connectivity index (χ0n) is 17.4. The highest BCUT2D eigenvalue weighted by Crippen LogP contribution is 2.24. The number of benzene rings is 1. The summed E-state index contributed by atoms with van der Waals surface area (Å²) in [7, 11) is 0. The van der Waals surface area contributed by atoms with Gasteiger partial charge in [-0.25, -0.2) is 4.39 Å². The maximum atomic E-state index is 13.4. The third-order valence-electron chi connectivity index (χ3n) is 4.56. The highest BCUT2D eigenvalue weighted by atomic mass is 19.3. The van der Waals surface area contributed by atoms with Crippen LogP contribution in [0.5, 0.6) is 5.75 Å². The van der Waals surface area contributed by atoms with Gasteiger partial charge in [0.1, 0.15) is 0 Å². The van der Waals surface area contributed by atoms with Crippen LogP contribution in [0.2, 0.25) is 0 Å². The van der Waals surface area contributed by atoms with Crippen molar-refractivity contribution >= 4 is 11.8 Å². The maximum Gasteiger partial charge on any atom is 0.387 e. The first-order chi connectivity index (χ1) is 13.9. The van der Waals surface area contributed by atoms with Gasteiger partial charge in [-0.15, -0.1) is 0 Å². The molecule has 9 heteroatoms. The van der Waals surface area contributed by atoms with Crippen molar-refractivity contribution in [1.29, 1.82) is 0 Å². The monoisotopic (exact) mass is 427 g/mol. The number of carbonyl (C=O) groups excluding carboxylic acids is 2. The largest absolute Gasteiger partial charge is 0.432 e. The topological polar surface area (TPSA) is 70.7 Å². The molecule has 1 aromatic rings. The first kappa shape index (κ1) is 23.7. The van der Waals surface area contributed by atoms with Crippen molar-refractivity contribution in [2.24, 2.45) is 5.92 Å². The number of likely N-dealkylation sites (tertiary alicyclic amines) is 1. The van der Waals surface area contributed by atoms with E-state index in [1.807, 2.05) is 25.7 Å². The van der Waals surface area contributed by atoms with Gasteiger partial charge in [0.25, 0.3) is 5.91 Å². The number of ether oxygens (including phenoxy) is 1. The molecule has 0 atom stereocenters. The quantitative estimate of drug-likeness (QED) is 0.595. The highest BCUT2D eigenvalue weighted by Gasteiger charge is 2.30. The normalized spacial score (nSPS) is 14.9. The second kappa shape index (κ2) is 9.97. The molecule has 1 aromatic carbocycles. The van der Waals surface area contributed by atoms with E-state index in [9.17, 15) is 22.8 Å². The Balaban J connectivity index is 1.71. The van der Waals surface area contributed by atoms with E-state index in [4.69, 9.17) is 0 Å². The zero-order chi connectivity index (χ0) is 22.5. The van der Waals surface area contributed by atoms with Crippen LogP contribution < -0.4 is 15.4 Å². The van der Waals surface area contributed by atoms with Crippen LogP contribution in [0.15, 0.2) is 30.4 Å². The SMILES string of the molecule is C=C(CCNC(=O)c1ccc(F)c(OC(F)F)c1)C1CN(CC(=O)NC(C)(C)C)C1.